The summed E-state index contributed by atoms with van der Waals surface area (Å²) in [5, 5.41) is 8.35. The number of amides is 1. The summed E-state index contributed by atoms with van der Waals surface area (Å²) < 4.78 is 18.5. The lowest BCUT2D eigenvalue weighted by Crippen LogP contribution is -2.33. The van der Waals surface area contributed by atoms with E-state index in [1.165, 1.54) is 17.4 Å². The SMILES string of the molecule is COCCNCCNC(=O)c1csc(Cc2ccccc2F)n1.Cl.Cl. The second kappa shape index (κ2) is 13.0. The van der Waals surface area contributed by atoms with E-state index < -0.39 is 0 Å². The van der Waals surface area contributed by atoms with E-state index in [0.29, 0.717) is 37.4 Å². The number of halogens is 3. The zero-order valence-electron chi connectivity index (χ0n) is 13.8. The van der Waals surface area contributed by atoms with Crippen molar-refractivity contribution >= 4 is 42.1 Å². The van der Waals surface area contributed by atoms with Crippen LogP contribution < -0.4 is 10.6 Å². The van der Waals surface area contributed by atoms with Gasteiger partial charge in [-0.1, -0.05) is 18.2 Å². The Morgan fingerprint density at radius 2 is 2.00 bits per heavy atom. The third kappa shape index (κ3) is 8.11. The maximum atomic E-state index is 13.6. The molecule has 0 bridgehead atoms. The van der Waals surface area contributed by atoms with Crippen molar-refractivity contribution in [2.45, 2.75) is 6.42 Å². The lowest BCUT2D eigenvalue weighted by atomic mass is 10.1. The summed E-state index contributed by atoms with van der Waals surface area (Å²) in [4.78, 5) is 16.2. The third-order valence-corrected chi connectivity index (χ3v) is 4.00. The number of rotatable bonds is 9. The number of nitrogens with zero attached hydrogens (tertiary/aromatic N) is 1. The van der Waals surface area contributed by atoms with Gasteiger partial charge in [0, 0.05) is 38.5 Å². The molecule has 140 valence electrons. The van der Waals surface area contributed by atoms with E-state index in [2.05, 4.69) is 15.6 Å². The van der Waals surface area contributed by atoms with Crippen LogP contribution in [-0.2, 0) is 11.2 Å². The van der Waals surface area contributed by atoms with Gasteiger partial charge in [0.1, 0.15) is 11.5 Å². The lowest BCUT2D eigenvalue weighted by Gasteiger charge is -2.05. The van der Waals surface area contributed by atoms with Crippen LogP contribution in [0.15, 0.2) is 29.6 Å². The van der Waals surface area contributed by atoms with Gasteiger partial charge in [0.05, 0.1) is 11.6 Å². The molecule has 0 spiro atoms. The first kappa shape index (κ1) is 23.8. The monoisotopic (exact) mass is 409 g/mol. The summed E-state index contributed by atoms with van der Waals surface area (Å²) in [5.41, 5.74) is 0.953. The van der Waals surface area contributed by atoms with E-state index in [1.807, 2.05) is 0 Å². The van der Waals surface area contributed by atoms with E-state index in [4.69, 9.17) is 4.74 Å². The highest BCUT2D eigenvalue weighted by atomic mass is 35.5. The Kier molecular flexibility index (Phi) is 12.4. The highest BCUT2D eigenvalue weighted by molar-refractivity contribution is 7.09. The van der Waals surface area contributed by atoms with Gasteiger partial charge in [0.15, 0.2) is 0 Å². The maximum Gasteiger partial charge on any atom is 0.270 e. The molecule has 0 aliphatic rings. The molecule has 5 nitrogen and oxygen atoms in total. The van der Waals surface area contributed by atoms with Gasteiger partial charge in [-0.25, -0.2) is 9.37 Å². The molecule has 0 radical (unpaired) electrons. The summed E-state index contributed by atoms with van der Waals surface area (Å²) in [6.07, 6.45) is 0.392. The molecule has 2 N–H and O–H groups in total. The second-order valence-electron chi connectivity index (χ2n) is 4.89. The molecule has 0 fully saturated rings. The Bertz CT molecular complexity index is 643. The molecule has 0 atom stereocenters. The van der Waals surface area contributed by atoms with E-state index in [1.54, 1.807) is 30.7 Å². The topological polar surface area (TPSA) is 63.2 Å². The van der Waals surface area contributed by atoms with Gasteiger partial charge in [-0.05, 0) is 11.6 Å². The van der Waals surface area contributed by atoms with Crippen molar-refractivity contribution in [3.8, 4) is 0 Å². The number of methoxy groups -OCH3 is 1. The molecule has 1 heterocycles. The fourth-order valence-corrected chi connectivity index (χ4v) is 2.75. The summed E-state index contributed by atoms with van der Waals surface area (Å²) in [5.74, 6) is -0.467. The summed E-state index contributed by atoms with van der Waals surface area (Å²) in [7, 11) is 1.64. The Balaban J connectivity index is 0.00000288. The standard InChI is InChI=1S/C16H20FN3O2S.2ClH/c1-22-9-8-18-6-7-19-16(21)14-11-23-15(20-14)10-12-4-2-3-5-13(12)17;;/h2-5,11,18H,6-10H2,1H3,(H,19,21);2*1H. The molecule has 1 amide bonds. The largest absolute Gasteiger partial charge is 0.383 e. The Hall–Kier alpha value is -1.25. The highest BCUT2D eigenvalue weighted by Crippen LogP contribution is 2.16. The van der Waals surface area contributed by atoms with Gasteiger partial charge in [-0.3, -0.25) is 4.79 Å². The van der Waals surface area contributed by atoms with Crippen molar-refractivity contribution < 1.29 is 13.9 Å². The normalized spacial score (nSPS) is 9.84. The molecule has 2 rings (SSSR count). The fourth-order valence-electron chi connectivity index (χ4n) is 1.96. The van der Waals surface area contributed by atoms with E-state index in [-0.39, 0.29) is 36.5 Å². The minimum absolute atomic E-state index is 0. The number of nitrogens with one attached hydrogen (secondary N) is 2. The zero-order valence-corrected chi connectivity index (χ0v) is 16.2. The van der Waals surface area contributed by atoms with Gasteiger partial charge in [0.2, 0.25) is 0 Å². The average molecular weight is 410 g/mol. The second-order valence-corrected chi connectivity index (χ2v) is 5.84. The quantitative estimate of drug-likeness (QED) is 0.624. The summed E-state index contributed by atoms with van der Waals surface area (Å²) in [6.45, 7) is 2.57. The van der Waals surface area contributed by atoms with Gasteiger partial charge in [-0.15, -0.1) is 36.2 Å². The van der Waals surface area contributed by atoms with Crippen molar-refractivity contribution in [3.63, 3.8) is 0 Å². The molecule has 25 heavy (non-hydrogen) atoms. The molecule has 0 saturated heterocycles. The molecule has 1 aromatic carbocycles. The number of thiazole rings is 1. The van der Waals surface area contributed by atoms with Crippen molar-refractivity contribution in [3.05, 3.63) is 51.7 Å². The molecular weight excluding hydrogens is 388 g/mol. The van der Waals surface area contributed by atoms with Gasteiger partial charge in [-0.2, -0.15) is 0 Å². The van der Waals surface area contributed by atoms with Crippen LogP contribution in [0.1, 0.15) is 21.1 Å². The Labute approximate surface area is 163 Å². The highest BCUT2D eigenvalue weighted by Gasteiger charge is 2.11. The predicted octanol–water partition coefficient (Wildman–Crippen LogP) is 2.68. The van der Waals surface area contributed by atoms with E-state index in [9.17, 15) is 9.18 Å². The van der Waals surface area contributed by atoms with Gasteiger partial charge in [0.25, 0.3) is 5.91 Å². The molecular formula is C16H22Cl2FN3O2S. The van der Waals surface area contributed by atoms with Crippen molar-refractivity contribution in [1.82, 2.24) is 15.6 Å². The molecule has 0 unspecified atom stereocenters. The predicted molar refractivity (Wildman–Crippen MR) is 103 cm³/mol. The van der Waals surface area contributed by atoms with Crippen LogP contribution in [0.5, 0.6) is 0 Å². The number of carbonyl (C=O) groups is 1. The van der Waals surface area contributed by atoms with E-state index >= 15 is 0 Å². The van der Waals surface area contributed by atoms with Crippen LogP contribution >= 0.6 is 36.2 Å². The molecule has 1 aromatic heterocycles. The Morgan fingerprint density at radius 3 is 2.72 bits per heavy atom. The molecule has 0 aliphatic carbocycles. The number of hydrogen-bond donors (Lipinski definition) is 2. The minimum atomic E-state index is -0.254. The minimum Gasteiger partial charge on any atom is -0.383 e. The maximum absolute atomic E-state index is 13.6. The fraction of sp³-hybridized carbons (Fsp3) is 0.375. The number of benzene rings is 1. The zero-order chi connectivity index (χ0) is 16.5. The third-order valence-electron chi connectivity index (χ3n) is 3.15. The first-order chi connectivity index (χ1) is 11.2. The van der Waals surface area contributed by atoms with Crippen LogP contribution in [-0.4, -0.2) is 44.2 Å². The average Bonchev–Trinajstić information content (AvgIpc) is 3.01. The number of carbonyl (C=O) groups excluding carboxylic acids is 1. The first-order valence-corrected chi connectivity index (χ1v) is 8.24. The van der Waals surface area contributed by atoms with E-state index in [0.717, 1.165) is 11.6 Å². The van der Waals surface area contributed by atoms with Crippen molar-refractivity contribution in [2.24, 2.45) is 0 Å². The molecule has 0 saturated carbocycles. The van der Waals surface area contributed by atoms with Crippen LogP contribution in [0.2, 0.25) is 0 Å². The summed E-state index contributed by atoms with van der Waals surface area (Å²) >= 11 is 1.36. The lowest BCUT2D eigenvalue weighted by molar-refractivity contribution is 0.0949. The van der Waals surface area contributed by atoms with Crippen LogP contribution in [0.25, 0.3) is 0 Å². The van der Waals surface area contributed by atoms with Crippen LogP contribution in [0.4, 0.5) is 4.39 Å². The molecule has 9 heteroatoms. The molecule has 2 aromatic rings. The number of aromatic nitrogens is 1. The van der Waals surface area contributed by atoms with Crippen LogP contribution in [0.3, 0.4) is 0 Å². The first-order valence-electron chi connectivity index (χ1n) is 7.36. The van der Waals surface area contributed by atoms with Gasteiger partial charge >= 0.3 is 0 Å². The number of hydrogen-bond acceptors (Lipinski definition) is 5. The van der Waals surface area contributed by atoms with Gasteiger partial charge < -0.3 is 15.4 Å². The van der Waals surface area contributed by atoms with Crippen molar-refractivity contribution in [1.29, 1.82) is 0 Å². The van der Waals surface area contributed by atoms with Crippen molar-refractivity contribution in [2.75, 3.05) is 33.4 Å². The smallest absolute Gasteiger partial charge is 0.270 e. The van der Waals surface area contributed by atoms with Crippen LogP contribution in [0, 0.1) is 5.82 Å². The summed E-state index contributed by atoms with van der Waals surface area (Å²) in [6, 6.07) is 6.59. The Morgan fingerprint density at radius 1 is 1.24 bits per heavy atom. The number of ether oxygens (including phenoxy) is 1. The molecule has 0 aliphatic heterocycles.